The molecule has 0 radical (unpaired) electrons. The van der Waals surface area contributed by atoms with Gasteiger partial charge in [0.2, 0.25) is 0 Å². The van der Waals surface area contributed by atoms with Gasteiger partial charge in [-0.25, -0.2) is 0 Å². The number of hydrogen-bond acceptors (Lipinski definition) is 3. The van der Waals surface area contributed by atoms with Gasteiger partial charge in [0, 0.05) is 24.4 Å². The number of anilines is 1. The molecule has 17 heavy (non-hydrogen) atoms. The number of benzene rings is 1. The average Bonchev–Trinajstić information content (AvgIpc) is 2.68. The van der Waals surface area contributed by atoms with Crippen molar-refractivity contribution < 1.29 is 9.90 Å². The predicted molar refractivity (Wildman–Crippen MR) is 64.0 cm³/mol. The molecule has 2 N–H and O–H groups in total. The summed E-state index contributed by atoms with van der Waals surface area (Å²) < 4.78 is 1.60. The number of nitrogens with zero attached hydrogens (tertiary/aromatic N) is 2. The summed E-state index contributed by atoms with van der Waals surface area (Å²) in [6, 6.07) is 4.86. The molecule has 0 fully saturated rings. The lowest BCUT2D eigenvalue weighted by Crippen LogP contribution is -2.12. The Morgan fingerprint density at radius 1 is 1.47 bits per heavy atom. The molecule has 1 aromatic heterocycles. The second-order valence-corrected chi connectivity index (χ2v) is 3.81. The molecule has 88 valence electrons. The van der Waals surface area contributed by atoms with Crippen LogP contribution in [-0.4, -0.2) is 20.8 Å². The van der Waals surface area contributed by atoms with Gasteiger partial charge in [0.25, 0.3) is 5.91 Å². The second kappa shape index (κ2) is 4.29. The summed E-state index contributed by atoms with van der Waals surface area (Å²) in [6.45, 7) is 1.70. The Morgan fingerprint density at radius 2 is 2.24 bits per heavy atom. The molecule has 1 aromatic carbocycles. The third-order valence-corrected chi connectivity index (χ3v) is 2.51. The normalized spacial score (nSPS) is 10.2. The van der Waals surface area contributed by atoms with E-state index in [2.05, 4.69) is 10.4 Å². The minimum absolute atomic E-state index is 0.115. The molecule has 0 aliphatic heterocycles. The molecule has 0 aliphatic carbocycles. The van der Waals surface area contributed by atoms with Crippen LogP contribution in [0.2, 0.25) is 0 Å². The van der Waals surface area contributed by atoms with Gasteiger partial charge in [0.05, 0.1) is 11.9 Å². The largest absolute Gasteiger partial charge is 0.508 e. The number of phenols is 1. The molecular formula is C12H13N3O2. The Labute approximate surface area is 98.7 Å². The Bertz CT molecular complexity index is 561. The molecule has 0 saturated heterocycles. The smallest absolute Gasteiger partial charge is 0.256 e. The van der Waals surface area contributed by atoms with Gasteiger partial charge in [0.15, 0.2) is 0 Å². The van der Waals surface area contributed by atoms with Crippen LogP contribution >= 0.6 is 0 Å². The lowest BCUT2D eigenvalue weighted by atomic mass is 10.1. The summed E-state index contributed by atoms with van der Waals surface area (Å²) in [4.78, 5) is 11.9. The van der Waals surface area contributed by atoms with Crippen molar-refractivity contribution in [3.05, 3.63) is 41.7 Å². The summed E-state index contributed by atoms with van der Waals surface area (Å²) in [5.41, 5.74) is 1.64. The third-order valence-electron chi connectivity index (χ3n) is 2.51. The molecule has 0 saturated carbocycles. The first kappa shape index (κ1) is 11.2. The molecule has 5 nitrogen and oxygen atoms in total. The first-order valence-corrected chi connectivity index (χ1v) is 5.16. The van der Waals surface area contributed by atoms with Crippen molar-refractivity contribution in [3.63, 3.8) is 0 Å². The van der Waals surface area contributed by atoms with Crippen molar-refractivity contribution in [2.24, 2.45) is 7.05 Å². The summed E-state index contributed by atoms with van der Waals surface area (Å²) >= 11 is 0. The van der Waals surface area contributed by atoms with E-state index in [4.69, 9.17) is 0 Å². The van der Waals surface area contributed by atoms with Crippen molar-refractivity contribution in [2.75, 3.05) is 5.32 Å². The SMILES string of the molecule is Cc1c(O)cccc1C(=O)Nc1cnn(C)c1. The fourth-order valence-electron chi connectivity index (χ4n) is 1.55. The van der Waals surface area contributed by atoms with E-state index in [1.54, 1.807) is 49.2 Å². The molecule has 0 aliphatic rings. The van der Waals surface area contributed by atoms with Gasteiger partial charge in [-0.3, -0.25) is 9.48 Å². The summed E-state index contributed by atoms with van der Waals surface area (Å²) in [5, 5.41) is 16.2. The Balaban J connectivity index is 2.23. The number of rotatable bonds is 2. The van der Waals surface area contributed by atoms with Crippen molar-refractivity contribution in [1.29, 1.82) is 0 Å². The quantitative estimate of drug-likeness (QED) is 0.826. The van der Waals surface area contributed by atoms with Crippen LogP contribution in [0, 0.1) is 6.92 Å². The van der Waals surface area contributed by atoms with Crippen LogP contribution in [0.15, 0.2) is 30.6 Å². The standard InChI is InChI=1S/C12H13N3O2/c1-8-10(4-3-5-11(8)16)12(17)14-9-6-13-15(2)7-9/h3-7,16H,1-2H3,(H,14,17). The lowest BCUT2D eigenvalue weighted by Gasteiger charge is -2.06. The molecule has 1 heterocycles. The highest BCUT2D eigenvalue weighted by molar-refractivity contribution is 6.05. The van der Waals surface area contributed by atoms with E-state index in [9.17, 15) is 9.90 Å². The first-order chi connectivity index (χ1) is 8.08. The maximum atomic E-state index is 11.9. The number of carbonyl (C=O) groups excluding carboxylic acids is 1. The van der Waals surface area contributed by atoms with E-state index >= 15 is 0 Å². The predicted octanol–water partition coefficient (Wildman–Crippen LogP) is 1.69. The molecule has 5 heteroatoms. The van der Waals surface area contributed by atoms with Crippen LogP contribution in [0.5, 0.6) is 5.75 Å². The van der Waals surface area contributed by atoms with Crippen molar-refractivity contribution >= 4 is 11.6 Å². The number of phenolic OH excluding ortho intramolecular Hbond substituents is 1. The van der Waals surface area contributed by atoms with Crippen molar-refractivity contribution in [2.45, 2.75) is 6.92 Å². The number of carbonyl (C=O) groups is 1. The minimum Gasteiger partial charge on any atom is -0.508 e. The molecular weight excluding hydrogens is 218 g/mol. The number of hydrogen-bond donors (Lipinski definition) is 2. The number of aromatic hydroxyl groups is 1. The maximum Gasteiger partial charge on any atom is 0.256 e. The van der Waals surface area contributed by atoms with E-state index in [0.29, 0.717) is 16.8 Å². The molecule has 0 atom stereocenters. The fourth-order valence-corrected chi connectivity index (χ4v) is 1.55. The van der Waals surface area contributed by atoms with Crippen LogP contribution in [0.3, 0.4) is 0 Å². The number of aromatic nitrogens is 2. The maximum absolute atomic E-state index is 11.9. The molecule has 0 spiro atoms. The van der Waals surface area contributed by atoms with E-state index in [1.807, 2.05) is 0 Å². The van der Waals surface area contributed by atoms with E-state index in [-0.39, 0.29) is 11.7 Å². The van der Waals surface area contributed by atoms with Crippen LogP contribution in [0.1, 0.15) is 15.9 Å². The number of aryl methyl sites for hydroxylation is 1. The molecule has 2 aromatic rings. The van der Waals surface area contributed by atoms with Crippen LogP contribution in [-0.2, 0) is 7.05 Å². The van der Waals surface area contributed by atoms with Gasteiger partial charge in [-0.15, -0.1) is 0 Å². The highest BCUT2D eigenvalue weighted by atomic mass is 16.3. The molecule has 0 unspecified atom stereocenters. The average molecular weight is 231 g/mol. The second-order valence-electron chi connectivity index (χ2n) is 3.81. The van der Waals surface area contributed by atoms with E-state index in [0.717, 1.165) is 0 Å². The highest BCUT2D eigenvalue weighted by Gasteiger charge is 2.11. The number of nitrogens with one attached hydrogen (secondary N) is 1. The first-order valence-electron chi connectivity index (χ1n) is 5.16. The fraction of sp³-hybridized carbons (Fsp3) is 0.167. The zero-order valence-corrected chi connectivity index (χ0v) is 9.64. The summed E-state index contributed by atoms with van der Waals surface area (Å²) in [7, 11) is 1.77. The third kappa shape index (κ3) is 2.28. The molecule has 2 rings (SSSR count). The minimum atomic E-state index is -0.258. The van der Waals surface area contributed by atoms with E-state index < -0.39 is 0 Å². The van der Waals surface area contributed by atoms with E-state index in [1.165, 1.54) is 0 Å². The lowest BCUT2D eigenvalue weighted by molar-refractivity contribution is 0.102. The monoisotopic (exact) mass is 231 g/mol. The molecule has 0 bridgehead atoms. The van der Waals surface area contributed by atoms with Gasteiger partial charge in [-0.2, -0.15) is 5.10 Å². The van der Waals surface area contributed by atoms with Gasteiger partial charge < -0.3 is 10.4 Å². The summed E-state index contributed by atoms with van der Waals surface area (Å²) in [5.74, 6) is -0.143. The Kier molecular flexibility index (Phi) is 2.82. The van der Waals surface area contributed by atoms with Crippen LogP contribution in [0.25, 0.3) is 0 Å². The van der Waals surface area contributed by atoms with Gasteiger partial charge in [-0.05, 0) is 19.1 Å². The van der Waals surface area contributed by atoms with Gasteiger partial charge in [0.1, 0.15) is 5.75 Å². The highest BCUT2D eigenvalue weighted by Crippen LogP contribution is 2.20. The number of amides is 1. The van der Waals surface area contributed by atoms with Crippen LogP contribution in [0.4, 0.5) is 5.69 Å². The van der Waals surface area contributed by atoms with Gasteiger partial charge >= 0.3 is 0 Å². The molecule has 1 amide bonds. The van der Waals surface area contributed by atoms with Crippen molar-refractivity contribution in [1.82, 2.24) is 9.78 Å². The zero-order chi connectivity index (χ0) is 12.4. The van der Waals surface area contributed by atoms with Crippen LogP contribution < -0.4 is 5.32 Å². The van der Waals surface area contributed by atoms with Crippen molar-refractivity contribution in [3.8, 4) is 5.75 Å². The summed E-state index contributed by atoms with van der Waals surface area (Å²) in [6.07, 6.45) is 3.27. The zero-order valence-electron chi connectivity index (χ0n) is 9.64. The topological polar surface area (TPSA) is 67.2 Å². The van der Waals surface area contributed by atoms with Gasteiger partial charge in [-0.1, -0.05) is 6.07 Å². The Morgan fingerprint density at radius 3 is 2.88 bits per heavy atom. The Hall–Kier alpha value is -2.30.